The maximum Gasteiger partial charge on any atom is 0.373 e. The van der Waals surface area contributed by atoms with Crippen LogP contribution in [0.2, 0.25) is 0 Å². The number of carbonyl (C=O) groups is 9. The fourth-order valence-corrected chi connectivity index (χ4v) is 9.10. The maximum atomic E-state index is 13.5. The number of hydrogen-bond donors (Lipinski definition) is 7. The number of rotatable bonds is 43. The SMILES string of the molecule is CC(CC(=O)C(C)NC(=O)CCOCCN=[N+]=[N-])C(=O)Nc1cc(C[C@H](C)CC(C)C(C)(C)C)ccc1OC(=O)C(C)CC(=O)C(C)NC(=O)CCOCCN=[N+]=[N-].CC(CC(=O)C(C)NC(=O)CCOCCN=[N+]=[N-])C(=O)O.CC(C[C@@H](C)Cc1ccc(O)c(N)c1)C(C)(C)C.O=C=O.O=C=O. The fourth-order valence-electron chi connectivity index (χ4n) is 9.10. The molecule has 8 N–H and O–H groups in total. The molecule has 0 aromatic heterocycles. The van der Waals surface area contributed by atoms with Gasteiger partial charge in [0.1, 0.15) is 5.75 Å². The van der Waals surface area contributed by atoms with Crippen LogP contribution in [0.3, 0.4) is 0 Å². The number of carboxylic acid groups (broad SMARTS) is 1. The van der Waals surface area contributed by atoms with Crippen LogP contribution >= 0.6 is 0 Å². The van der Waals surface area contributed by atoms with E-state index in [1.807, 2.05) is 18.2 Å². The molecular formula is C70H110N14O19. The van der Waals surface area contributed by atoms with Gasteiger partial charge in [-0.3, -0.25) is 43.2 Å². The van der Waals surface area contributed by atoms with Crippen LogP contribution in [0.4, 0.5) is 11.4 Å². The summed E-state index contributed by atoms with van der Waals surface area (Å²) in [6.45, 7) is 32.9. The van der Waals surface area contributed by atoms with Gasteiger partial charge in [-0.05, 0) is 133 Å². The second-order valence-electron chi connectivity index (χ2n) is 27.3. The summed E-state index contributed by atoms with van der Waals surface area (Å²) in [6, 6.07) is 8.23. The van der Waals surface area contributed by atoms with Crippen molar-refractivity contribution < 1.29 is 91.5 Å². The highest BCUT2D eigenvalue weighted by atomic mass is 16.5. The lowest BCUT2D eigenvalue weighted by molar-refractivity contribution is -0.193. The summed E-state index contributed by atoms with van der Waals surface area (Å²) >= 11 is 0. The van der Waals surface area contributed by atoms with Crippen molar-refractivity contribution >= 4 is 76.6 Å². The van der Waals surface area contributed by atoms with Crippen molar-refractivity contribution in [2.75, 3.05) is 70.3 Å². The summed E-state index contributed by atoms with van der Waals surface area (Å²) in [6.07, 6.45) is 3.93. The second-order valence-corrected chi connectivity index (χ2v) is 27.3. The van der Waals surface area contributed by atoms with Crippen molar-refractivity contribution in [3.05, 3.63) is 78.9 Å². The Labute approximate surface area is 603 Å². The summed E-state index contributed by atoms with van der Waals surface area (Å²) < 4.78 is 21.3. The fraction of sp³-hybridized carbons (Fsp3) is 0.671. The Kier molecular flexibility index (Phi) is 52.2. The average molecular weight is 1450 g/mol. The largest absolute Gasteiger partial charge is 0.506 e. The molecule has 0 saturated heterocycles. The van der Waals surface area contributed by atoms with Gasteiger partial charge in [-0.25, -0.2) is 0 Å². The van der Waals surface area contributed by atoms with Gasteiger partial charge in [-0.2, -0.15) is 19.2 Å². The molecule has 0 spiro atoms. The number of amides is 4. The molecule has 33 nitrogen and oxygen atoms in total. The molecule has 0 bridgehead atoms. The van der Waals surface area contributed by atoms with E-state index in [1.165, 1.54) is 46.6 Å². The number of benzene rings is 2. The van der Waals surface area contributed by atoms with E-state index in [1.54, 1.807) is 25.1 Å². The molecule has 0 aliphatic rings. The summed E-state index contributed by atoms with van der Waals surface area (Å²) in [5, 5.41) is 38.6. The van der Waals surface area contributed by atoms with Crippen LogP contribution in [0.25, 0.3) is 31.3 Å². The molecule has 2 rings (SSSR count). The average Bonchev–Trinajstić information content (AvgIpc) is 0.833. The normalized spacial score (nSPS) is 13.5. The molecule has 0 radical (unpaired) electrons. The summed E-state index contributed by atoms with van der Waals surface area (Å²) in [4.78, 5) is 151. The van der Waals surface area contributed by atoms with E-state index < -0.39 is 65.5 Å². The number of aliphatic carboxylic acids is 1. The molecule has 574 valence electrons. The first-order valence-electron chi connectivity index (χ1n) is 33.9. The third-order valence-corrected chi connectivity index (χ3v) is 16.2. The molecule has 4 amide bonds. The third kappa shape index (κ3) is 48.8. The zero-order valence-electron chi connectivity index (χ0n) is 62.6. The van der Waals surface area contributed by atoms with E-state index in [2.05, 4.69) is 121 Å². The molecule has 8 unspecified atom stereocenters. The van der Waals surface area contributed by atoms with E-state index in [-0.39, 0.29) is 156 Å². The number of ketones is 3. The number of nitrogens with one attached hydrogen (secondary N) is 4. The van der Waals surface area contributed by atoms with Crippen molar-refractivity contribution in [3.63, 3.8) is 0 Å². The van der Waals surface area contributed by atoms with Gasteiger partial charge in [0.05, 0.1) is 81.0 Å². The molecule has 0 fully saturated rings. The van der Waals surface area contributed by atoms with E-state index in [9.17, 15) is 48.3 Å². The molecule has 0 aliphatic carbocycles. The minimum Gasteiger partial charge on any atom is -0.506 e. The summed E-state index contributed by atoms with van der Waals surface area (Å²) in [5.74, 6) is -4.69. The Balaban J connectivity index is -0.00000178. The molecule has 2 aromatic carbocycles. The number of aromatic hydroxyl groups is 1. The zero-order valence-corrected chi connectivity index (χ0v) is 62.6. The number of carboxylic acids is 1. The summed E-state index contributed by atoms with van der Waals surface area (Å²) in [7, 11) is 0. The molecule has 0 aliphatic heterocycles. The summed E-state index contributed by atoms with van der Waals surface area (Å²) in [5.41, 5.74) is 33.7. The monoisotopic (exact) mass is 1450 g/mol. The minimum absolute atomic E-state index is 0.00315. The molecule has 0 saturated carbocycles. The third-order valence-electron chi connectivity index (χ3n) is 16.2. The van der Waals surface area contributed by atoms with Crippen LogP contribution in [-0.4, -0.2) is 153 Å². The van der Waals surface area contributed by atoms with E-state index in [0.717, 1.165) is 18.4 Å². The predicted molar refractivity (Wildman–Crippen MR) is 381 cm³/mol. The Morgan fingerprint density at radius 1 is 0.524 bits per heavy atom. The predicted octanol–water partition coefficient (Wildman–Crippen LogP) is 10.4. The van der Waals surface area contributed by atoms with Crippen LogP contribution in [0.5, 0.6) is 11.5 Å². The number of anilines is 2. The smallest absolute Gasteiger partial charge is 0.373 e. The first-order chi connectivity index (χ1) is 48.2. The number of Topliss-reactive ketones (excluding diaryl/α,β-unsaturated/α-hetero) is 3. The van der Waals surface area contributed by atoms with Crippen molar-refractivity contribution in [1.82, 2.24) is 16.0 Å². The lowest BCUT2D eigenvalue weighted by Gasteiger charge is -2.29. The first kappa shape index (κ1) is 97.6. The maximum absolute atomic E-state index is 13.5. The molecule has 33 heteroatoms. The van der Waals surface area contributed by atoms with E-state index in [0.29, 0.717) is 41.2 Å². The van der Waals surface area contributed by atoms with Gasteiger partial charge in [-0.1, -0.05) is 117 Å². The van der Waals surface area contributed by atoms with Gasteiger partial charge >= 0.3 is 24.2 Å². The van der Waals surface area contributed by atoms with Gasteiger partial charge in [0.25, 0.3) is 0 Å². The van der Waals surface area contributed by atoms with Crippen LogP contribution in [0.1, 0.15) is 173 Å². The Morgan fingerprint density at radius 3 is 1.20 bits per heavy atom. The number of phenols is 1. The molecule has 2 aromatic rings. The van der Waals surface area contributed by atoms with Crippen molar-refractivity contribution in [3.8, 4) is 11.5 Å². The highest BCUT2D eigenvalue weighted by Gasteiger charge is 2.29. The van der Waals surface area contributed by atoms with Crippen LogP contribution in [0.15, 0.2) is 51.7 Å². The second kappa shape index (κ2) is 55.1. The molecule has 103 heavy (non-hydrogen) atoms. The standard InChI is InChI=1S/C40H63N9O9.C16H27NO.C12H20N4O5.2CO2/c1-25(20-28(4)40(7,8)9)21-31-10-11-35(58-39(55)27(3)23-34(51)30(6)46-37(53)13-17-57-19-15-44-49-42)32(24-31)47-38(54)26(2)22-33(50)29(5)45-36(52)12-16-56-18-14-43-48-41;1-11(8-12(2)16(3,4)5)9-13-6-7-15(18)14(17)10-13;1-8(12(19)20)7-10(17)9(2)15-11(18)3-5-21-6-4-14-16-13;2*2-1-3/h10-11,24-30H,12-23H2,1-9H3,(H,45,52)(H,46,53)(H,47,54);6-7,10-12,18H,8-9,17H2,1-5H3;8-9H,3-7H2,1-2H3,(H,15,18)(H,19,20);;/t25-,26?,27?,28?,29?,30?;11-,12?;;;/m11.../s1. The lowest BCUT2D eigenvalue weighted by atomic mass is 9.76. The topological polar surface area (TPSA) is 520 Å². The number of hydrogen-bond acceptors (Lipinski definition) is 22. The minimum atomic E-state index is -1.05. The highest BCUT2D eigenvalue weighted by Crippen LogP contribution is 2.35. The van der Waals surface area contributed by atoms with Gasteiger partial charge in [0.2, 0.25) is 23.6 Å². The molecular weight excluding hydrogens is 1340 g/mol. The van der Waals surface area contributed by atoms with Crippen molar-refractivity contribution in [2.45, 2.75) is 193 Å². The first-order valence-corrected chi connectivity index (χ1v) is 33.9. The lowest BCUT2D eigenvalue weighted by Crippen LogP contribution is -2.40. The number of nitrogens with two attached hydrogens (primary N) is 1. The quantitative estimate of drug-likeness (QED) is 0.00474. The van der Waals surface area contributed by atoms with Crippen LogP contribution in [-0.2, 0) is 89.4 Å². The van der Waals surface area contributed by atoms with E-state index in [4.69, 9.17) is 65.6 Å². The molecule has 0 heterocycles. The molecule has 10 atom stereocenters. The van der Waals surface area contributed by atoms with Crippen molar-refractivity contribution in [2.24, 2.45) is 67.6 Å². The van der Waals surface area contributed by atoms with Gasteiger partial charge in [0.15, 0.2) is 23.1 Å². The Hall–Kier alpha value is -9.56. The number of nitrogens with zero attached hydrogens (tertiary/aromatic N) is 9. The number of ether oxygens (including phenoxy) is 4. The van der Waals surface area contributed by atoms with Crippen molar-refractivity contribution in [1.29, 1.82) is 0 Å². The zero-order chi connectivity index (χ0) is 79.4. The van der Waals surface area contributed by atoms with Gasteiger partial charge in [0, 0.05) is 78.8 Å². The Bertz CT molecular complexity index is 3190. The van der Waals surface area contributed by atoms with Gasteiger partial charge < -0.3 is 56.2 Å². The number of phenolic OH excluding ortho intramolecular Hbond substituents is 1. The van der Waals surface area contributed by atoms with Crippen LogP contribution in [0, 0.1) is 52.3 Å². The number of azide groups is 3. The number of esters is 1. The highest BCUT2D eigenvalue weighted by molar-refractivity contribution is 5.98. The Morgan fingerprint density at radius 2 is 0.864 bits per heavy atom. The number of carbonyl (C=O) groups excluding carboxylic acids is 12. The van der Waals surface area contributed by atoms with Crippen LogP contribution < -0.4 is 31.7 Å². The number of nitrogen functional groups attached to an aromatic ring is 1. The van der Waals surface area contributed by atoms with Gasteiger partial charge in [-0.15, -0.1) is 0 Å². The van der Waals surface area contributed by atoms with E-state index >= 15 is 0 Å².